The first-order chi connectivity index (χ1) is 13.2. The maximum atomic E-state index is 13.5. The predicted molar refractivity (Wildman–Crippen MR) is 102 cm³/mol. The zero-order valence-corrected chi connectivity index (χ0v) is 16.3. The molecule has 1 atom stereocenters. The number of hydrogen-bond acceptors (Lipinski definition) is 3. The highest BCUT2D eigenvalue weighted by Gasteiger charge is 2.23. The van der Waals surface area contributed by atoms with Gasteiger partial charge in [-0.1, -0.05) is 32.0 Å². The second kappa shape index (κ2) is 9.30. The molecule has 0 aromatic heterocycles. The van der Waals surface area contributed by atoms with Crippen LogP contribution in [-0.2, 0) is 9.59 Å². The minimum atomic E-state index is -1.17. The summed E-state index contributed by atoms with van der Waals surface area (Å²) in [6.07, 6.45) is 0. The van der Waals surface area contributed by atoms with Crippen molar-refractivity contribution >= 4 is 11.8 Å². The van der Waals surface area contributed by atoms with Crippen molar-refractivity contribution in [2.24, 2.45) is 0 Å². The van der Waals surface area contributed by atoms with Crippen LogP contribution in [0.25, 0.3) is 0 Å². The standard InChI is InChI=1S/C21H24F2N2O3/c1-12(2)14-6-5-13(3)18(10-14)28-11-19(26)25-20(21(27)24-4)15-7-8-16(22)17(23)9-15/h5-10,12,20H,11H2,1-4H3,(H,24,27)(H,25,26). The van der Waals surface area contributed by atoms with Crippen molar-refractivity contribution in [3.8, 4) is 5.75 Å². The topological polar surface area (TPSA) is 67.4 Å². The summed E-state index contributed by atoms with van der Waals surface area (Å²) in [4.78, 5) is 24.4. The Labute approximate surface area is 163 Å². The van der Waals surface area contributed by atoms with Gasteiger partial charge in [-0.3, -0.25) is 9.59 Å². The molecule has 5 nitrogen and oxygen atoms in total. The van der Waals surface area contributed by atoms with Crippen LogP contribution in [0.15, 0.2) is 36.4 Å². The monoisotopic (exact) mass is 390 g/mol. The second-order valence-corrected chi connectivity index (χ2v) is 6.76. The fraction of sp³-hybridized carbons (Fsp3) is 0.333. The predicted octanol–water partition coefficient (Wildman–Crippen LogP) is 3.38. The molecule has 2 aromatic carbocycles. The Bertz CT molecular complexity index is 869. The molecule has 2 rings (SSSR count). The van der Waals surface area contributed by atoms with Gasteiger partial charge in [-0.2, -0.15) is 0 Å². The summed E-state index contributed by atoms with van der Waals surface area (Å²) in [5.41, 5.74) is 2.08. The first-order valence-corrected chi connectivity index (χ1v) is 8.92. The third-order valence-corrected chi connectivity index (χ3v) is 4.33. The van der Waals surface area contributed by atoms with Crippen LogP contribution in [0.5, 0.6) is 5.75 Å². The summed E-state index contributed by atoms with van der Waals surface area (Å²) in [5, 5.41) is 4.89. The maximum absolute atomic E-state index is 13.5. The van der Waals surface area contributed by atoms with Crippen LogP contribution >= 0.6 is 0 Å². The molecule has 0 bridgehead atoms. The van der Waals surface area contributed by atoms with Gasteiger partial charge in [-0.15, -0.1) is 0 Å². The Morgan fingerprint density at radius 2 is 1.71 bits per heavy atom. The number of hydrogen-bond donors (Lipinski definition) is 2. The Kier molecular flexibility index (Phi) is 7.09. The minimum absolute atomic E-state index is 0.129. The van der Waals surface area contributed by atoms with Gasteiger partial charge < -0.3 is 15.4 Å². The van der Waals surface area contributed by atoms with Crippen LogP contribution in [0, 0.1) is 18.6 Å². The number of rotatable bonds is 7. The van der Waals surface area contributed by atoms with Crippen LogP contribution in [0.1, 0.15) is 42.5 Å². The van der Waals surface area contributed by atoms with Crippen molar-refractivity contribution in [3.63, 3.8) is 0 Å². The molecule has 2 aromatic rings. The molecule has 0 heterocycles. The zero-order chi connectivity index (χ0) is 20.8. The largest absolute Gasteiger partial charge is 0.483 e. The number of likely N-dealkylation sites (N-methyl/N-ethyl adjacent to an activating group) is 1. The van der Waals surface area contributed by atoms with Gasteiger partial charge in [0.25, 0.3) is 5.91 Å². The van der Waals surface area contributed by atoms with Crippen LogP contribution < -0.4 is 15.4 Å². The number of nitrogens with one attached hydrogen (secondary N) is 2. The van der Waals surface area contributed by atoms with Crippen molar-refractivity contribution in [3.05, 3.63) is 64.7 Å². The first-order valence-electron chi connectivity index (χ1n) is 8.92. The van der Waals surface area contributed by atoms with E-state index in [0.29, 0.717) is 11.7 Å². The molecule has 2 N–H and O–H groups in total. The van der Waals surface area contributed by atoms with E-state index in [9.17, 15) is 18.4 Å². The molecular formula is C21H24F2N2O3. The summed E-state index contributed by atoms with van der Waals surface area (Å²) in [6.45, 7) is 5.65. The number of benzene rings is 2. The van der Waals surface area contributed by atoms with Gasteiger partial charge in [0.15, 0.2) is 18.2 Å². The fourth-order valence-electron chi connectivity index (χ4n) is 2.61. The number of halogens is 2. The van der Waals surface area contributed by atoms with Gasteiger partial charge in [-0.25, -0.2) is 8.78 Å². The summed E-state index contributed by atoms with van der Waals surface area (Å²) in [5.74, 6) is -2.37. The third kappa shape index (κ3) is 5.28. The van der Waals surface area contributed by atoms with Crippen molar-refractivity contribution in [1.29, 1.82) is 0 Å². The molecule has 0 saturated carbocycles. The number of carbonyl (C=O) groups excluding carboxylic acids is 2. The van der Waals surface area contributed by atoms with Crippen LogP contribution in [0.4, 0.5) is 8.78 Å². The molecular weight excluding hydrogens is 366 g/mol. The van der Waals surface area contributed by atoms with Crippen molar-refractivity contribution in [2.45, 2.75) is 32.7 Å². The Morgan fingerprint density at radius 3 is 2.32 bits per heavy atom. The molecule has 0 aliphatic rings. The van der Waals surface area contributed by atoms with Gasteiger partial charge in [-0.05, 0) is 47.7 Å². The summed E-state index contributed by atoms with van der Waals surface area (Å²) in [6, 6.07) is 7.65. The van der Waals surface area contributed by atoms with Gasteiger partial charge in [0, 0.05) is 7.05 Å². The molecule has 0 radical (unpaired) electrons. The molecule has 0 fully saturated rings. The lowest BCUT2D eigenvalue weighted by Gasteiger charge is -2.18. The quantitative estimate of drug-likeness (QED) is 0.762. The van der Waals surface area contributed by atoms with E-state index >= 15 is 0 Å². The van der Waals surface area contributed by atoms with E-state index in [1.54, 1.807) is 0 Å². The smallest absolute Gasteiger partial charge is 0.258 e. The van der Waals surface area contributed by atoms with E-state index < -0.39 is 29.5 Å². The summed E-state index contributed by atoms with van der Waals surface area (Å²) >= 11 is 0. The molecule has 0 aliphatic heterocycles. The Balaban J connectivity index is 2.11. The second-order valence-electron chi connectivity index (χ2n) is 6.76. The van der Waals surface area contributed by atoms with Gasteiger partial charge in [0.1, 0.15) is 11.8 Å². The molecule has 28 heavy (non-hydrogen) atoms. The van der Waals surface area contributed by atoms with E-state index in [1.165, 1.54) is 13.1 Å². The molecule has 1 unspecified atom stereocenters. The number of amides is 2. The van der Waals surface area contributed by atoms with Crippen molar-refractivity contribution in [2.75, 3.05) is 13.7 Å². The van der Waals surface area contributed by atoms with Crippen molar-refractivity contribution < 1.29 is 23.1 Å². The molecule has 0 spiro atoms. The normalized spacial score (nSPS) is 11.8. The molecule has 7 heteroatoms. The van der Waals surface area contributed by atoms with E-state index in [-0.39, 0.29) is 12.2 Å². The molecule has 2 amide bonds. The van der Waals surface area contributed by atoms with E-state index in [0.717, 1.165) is 23.3 Å². The Hall–Kier alpha value is -2.96. The van der Waals surface area contributed by atoms with Gasteiger partial charge in [0.2, 0.25) is 5.91 Å². The van der Waals surface area contributed by atoms with E-state index in [4.69, 9.17) is 4.74 Å². The lowest BCUT2D eigenvalue weighted by molar-refractivity contribution is -0.129. The highest BCUT2D eigenvalue weighted by molar-refractivity contribution is 5.89. The average Bonchev–Trinajstić information content (AvgIpc) is 2.66. The van der Waals surface area contributed by atoms with E-state index in [2.05, 4.69) is 24.5 Å². The minimum Gasteiger partial charge on any atom is -0.483 e. The summed E-state index contributed by atoms with van der Waals surface area (Å²) in [7, 11) is 1.39. The molecule has 0 saturated heterocycles. The van der Waals surface area contributed by atoms with Crippen molar-refractivity contribution in [1.82, 2.24) is 10.6 Å². The van der Waals surface area contributed by atoms with Gasteiger partial charge in [0.05, 0.1) is 0 Å². The van der Waals surface area contributed by atoms with Gasteiger partial charge >= 0.3 is 0 Å². The van der Waals surface area contributed by atoms with Crippen LogP contribution in [0.3, 0.4) is 0 Å². The lowest BCUT2D eigenvalue weighted by Crippen LogP contribution is -2.41. The first kappa shape index (κ1) is 21.3. The molecule has 0 aliphatic carbocycles. The lowest BCUT2D eigenvalue weighted by atomic mass is 10.0. The number of carbonyl (C=O) groups is 2. The highest BCUT2D eigenvalue weighted by Crippen LogP contribution is 2.24. The number of aryl methyl sites for hydroxylation is 1. The zero-order valence-electron chi connectivity index (χ0n) is 16.3. The average molecular weight is 390 g/mol. The number of ether oxygens (including phenoxy) is 1. The molecule has 150 valence electrons. The van der Waals surface area contributed by atoms with Crippen LogP contribution in [-0.4, -0.2) is 25.5 Å². The van der Waals surface area contributed by atoms with Crippen LogP contribution in [0.2, 0.25) is 0 Å². The van der Waals surface area contributed by atoms with E-state index in [1.807, 2.05) is 25.1 Å². The Morgan fingerprint density at radius 1 is 1.04 bits per heavy atom. The highest BCUT2D eigenvalue weighted by atomic mass is 19.2. The third-order valence-electron chi connectivity index (χ3n) is 4.33. The maximum Gasteiger partial charge on any atom is 0.258 e. The fourth-order valence-corrected chi connectivity index (χ4v) is 2.61. The summed E-state index contributed by atoms with van der Waals surface area (Å²) < 4.78 is 32.3. The SMILES string of the molecule is CNC(=O)C(NC(=O)COc1cc(C(C)C)ccc1C)c1ccc(F)c(F)c1.